The lowest BCUT2D eigenvalue weighted by molar-refractivity contribution is 0.0361. The Hall–Kier alpha value is -2.61. The van der Waals surface area contributed by atoms with E-state index >= 15 is 0 Å². The van der Waals surface area contributed by atoms with E-state index in [1.807, 2.05) is 25.1 Å². The van der Waals surface area contributed by atoms with Gasteiger partial charge in [-0.05, 0) is 31.2 Å². The number of amides is 1. The number of carbonyl (C=O) groups is 2. The highest BCUT2D eigenvalue weighted by Gasteiger charge is 2.21. The standard InChI is InChI=1S/C25H34IN3O7/c1-3-29(23(26)17-28-24(31)19-6-4-5-7-20(19)25(32)33)22-16-18(34-2)8-9-21(22)27-10-12-35-14-15-36-13-11-30/h4-9,16,23,27,30H,3,10-15,17H2,1-2H3,(H,28,31)(H,32,33). The molecule has 0 heterocycles. The Balaban J connectivity index is 2.03. The Morgan fingerprint density at radius 2 is 1.75 bits per heavy atom. The SMILES string of the molecule is CCN(c1cc(OC)ccc1NCCOCCOCCO)C(I)CNC(=O)c1ccccc1C(=O)O. The van der Waals surface area contributed by atoms with Crippen molar-refractivity contribution in [2.75, 3.05) is 70.0 Å². The van der Waals surface area contributed by atoms with E-state index < -0.39 is 11.9 Å². The van der Waals surface area contributed by atoms with E-state index in [-0.39, 0.29) is 21.8 Å². The summed E-state index contributed by atoms with van der Waals surface area (Å²) in [5, 5.41) is 24.3. The Labute approximate surface area is 225 Å². The average Bonchev–Trinajstić information content (AvgIpc) is 2.89. The van der Waals surface area contributed by atoms with E-state index in [4.69, 9.17) is 19.3 Å². The Kier molecular flexibility index (Phi) is 13.3. The summed E-state index contributed by atoms with van der Waals surface area (Å²) in [6.45, 7) is 5.20. The number of hydrogen-bond acceptors (Lipinski definition) is 8. The second-order valence-electron chi connectivity index (χ2n) is 7.54. The minimum atomic E-state index is -1.14. The van der Waals surface area contributed by atoms with Crippen LogP contribution in [0.3, 0.4) is 0 Å². The normalized spacial score (nSPS) is 11.6. The van der Waals surface area contributed by atoms with Gasteiger partial charge in [0, 0.05) is 25.7 Å². The van der Waals surface area contributed by atoms with Crippen molar-refractivity contribution in [3.05, 3.63) is 53.6 Å². The number of rotatable bonds is 17. The van der Waals surface area contributed by atoms with Crippen LogP contribution in [0.15, 0.2) is 42.5 Å². The van der Waals surface area contributed by atoms with Gasteiger partial charge < -0.3 is 40.0 Å². The lowest BCUT2D eigenvalue weighted by Crippen LogP contribution is -2.41. The summed E-state index contributed by atoms with van der Waals surface area (Å²) in [6, 6.07) is 11.9. The molecule has 198 valence electrons. The van der Waals surface area contributed by atoms with E-state index in [1.54, 1.807) is 19.2 Å². The Morgan fingerprint density at radius 3 is 2.39 bits per heavy atom. The Morgan fingerprint density at radius 1 is 1.06 bits per heavy atom. The molecule has 2 rings (SSSR count). The maximum Gasteiger partial charge on any atom is 0.336 e. The first-order valence-corrected chi connectivity index (χ1v) is 12.9. The molecule has 0 aliphatic rings. The second kappa shape index (κ2) is 16.2. The van der Waals surface area contributed by atoms with Gasteiger partial charge in [-0.2, -0.15) is 0 Å². The predicted molar refractivity (Wildman–Crippen MR) is 147 cm³/mol. The van der Waals surface area contributed by atoms with Gasteiger partial charge in [0.2, 0.25) is 0 Å². The van der Waals surface area contributed by atoms with Crippen molar-refractivity contribution >= 4 is 45.8 Å². The average molecular weight is 615 g/mol. The molecule has 0 spiro atoms. The zero-order valence-corrected chi connectivity index (χ0v) is 22.7. The first-order chi connectivity index (χ1) is 17.4. The van der Waals surface area contributed by atoms with Crippen LogP contribution in [0.5, 0.6) is 5.75 Å². The summed E-state index contributed by atoms with van der Waals surface area (Å²) in [6.07, 6.45) is 0. The number of benzene rings is 2. The van der Waals surface area contributed by atoms with Crippen LogP contribution in [0.1, 0.15) is 27.6 Å². The van der Waals surface area contributed by atoms with E-state index in [9.17, 15) is 14.7 Å². The van der Waals surface area contributed by atoms with Crippen LogP contribution in [0.2, 0.25) is 0 Å². The number of nitrogens with one attached hydrogen (secondary N) is 2. The minimum absolute atomic E-state index is 0.00710. The van der Waals surface area contributed by atoms with Crippen molar-refractivity contribution in [1.29, 1.82) is 0 Å². The number of ether oxygens (including phenoxy) is 3. The van der Waals surface area contributed by atoms with Crippen molar-refractivity contribution < 1.29 is 34.0 Å². The van der Waals surface area contributed by atoms with Gasteiger partial charge in [-0.3, -0.25) is 4.79 Å². The first kappa shape index (κ1) is 29.6. The highest BCUT2D eigenvalue weighted by Crippen LogP contribution is 2.33. The van der Waals surface area contributed by atoms with Crippen LogP contribution in [0, 0.1) is 0 Å². The van der Waals surface area contributed by atoms with E-state index in [0.717, 1.165) is 11.4 Å². The van der Waals surface area contributed by atoms with Gasteiger partial charge in [0.15, 0.2) is 0 Å². The number of hydrogen-bond donors (Lipinski definition) is 4. The van der Waals surface area contributed by atoms with Gasteiger partial charge in [-0.15, -0.1) is 0 Å². The van der Waals surface area contributed by atoms with Gasteiger partial charge >= 0.3 is 5.97 Å². The summed E-state index contributed by atoms with van der Waals surface area (Å²) in [7, 11) is 1.61. The van der Waals surface area contributed by atoms with Crippen LogP contribution >= 0.6 is 22.6 Å². The molecule has 0 bridgehead atoms. The maximum absolute atomic E-state index is 12.7. The number of anilines is 2. The minimum Gasteiger partial charge on any atom is -0.497 e. The zero-order valence-electron chi connectivity index (χ0n) is 20.5. The third-order valence-corrected chi connectivity index (χ3v) is 6.31. The first-order valence-electron chi connectivity index (χ1n) is 11.6. The molecule has 0 fully saturated rings. The molecular formula is C25H34IN3O7. The van der Waals surface area contributed by atoms with Gasteiger partial charge in [0.05, 0.1) is 66.7 Å². The number of aliphatic hydroxyl groups excluding tert-OH is 1. The van der Waals surface area contributed by atoms with Crippen LogP contribution in [-0.2, 0) is 9.47 Å². The number of aromatic carboxylic acids is 1. The second-order valence-corrected chi connectivity index (χ2v) is 8.98. The molecule has 0 saturated carbocycles. The molecule has 4 N–H and O–H groups in total. The number of halogens is 1. The number of carboxylic acid groups (broad SMARTS) is 1. The molecule has 1 unspecified atom stereocenters. The summed E-state index contributed by atoms with van der Waals surface area (Å²) >= 11 is 2.26. The number of nitrogens with zero attached hydrogens (tertiary/aromatic N) is 1. The number of likely N-dealkylation sites (N-methyl/N-ethyl adjacent to an activating group) is 1. The van der Waals surface area contributed by atoms with Gasteiger partial charge in [0.25, 0.3) is 5.91 Å². The van der Waals surface area contributed by atoms with Gasteiger partial charge in [-0.1, -0.05) is 34.7 Å². The molecule has 0 saturated heterocycles. The molecule has 0 radical (unpaired) electrons. The van der Waals surface area contributed by atoms with Crippen LogP contribution in [0.25, 0.3) is 0 Å². The van der Waals surface area contributed by atoms with E-state index in [1.165, 1.54) is 12.1 Å². The van der Waals surface area contributed by atoms with Crippen LogP contribution in [-0.4, -0.2) is 85.9 Å². The fourth-order valence-corrected chi connectivity index (χ4v) is 4.35. The van der Waals surface area contributed by atoms with Crippen molar-refractivity contribution in [3.8, 4) is 5.75 Å². The van der Waals surface area contributed by atoms with Crippen molar-refractivity contribution in [1.82, 2.24) is 5.32 Å². The molecule has 0 aliphatic carbocycles. The van der Waals surface area contributed by atoms with E-state index in [0.29, 0.717) is 51.8 Å². The molecule has 11 heteroatoms. The van der Waals surface area contributed by atoms with Crippen LogP contribution < -0.4 is 20.3 Å². The third kappa shape index (κ3) is 9.12. The van der Waals surface area contributed by atoms with Gasteiger partial charge in [0.1, 0.15) is 5.75 Å². The molecular weight excluding hydrogens is 581 g/mol. The molecule has 2 aromatic carbocycles. The largest absolute Gasteiger partial charge is 0.497 e. The Bertz CT molecular complexity index is 976. The summed E-state index contributed by atoms with van der Waals surface area (Å²) < 4.78 is 16.0. The summed E-state index contributed by atoms with van der Waals surface area (Å²) in [5.41, 5.74) is 1.89. The highest BCUT2D eigenvalue weighted by molar-refractivity contribution is 14.1. The number of carbonyl (C=O) groups excluding carboxylic acids is 1. The quantitative estimate of drug-likeness (QED) is 0.0919. The van der Waals surface area contributed by atoms with Crippen molar-refractivity contribution in [2.24, 2.45) is 0 Å². The highest BCUT2D eigenvalue weighted by atomic mass is 127. The lowest BCUT2D eigenvalue weighted by atomic mass is 10.1. The number of methoxy groups -OCH3 is 1. The van der Waals surface area contributed by atoms with Crippen molar-refractivity contribution in [3.63, 3.8) is 0 Å². The maximum atomic E-state index is 12.7. The van der Waals surface area contributed by atoms with Crippen molar-refractivity contribution in [2.45, 2.75) is 11.0 Å². The van der Waals surface area contributed by atoms with E-state index in [2.05, 4.69) is 38.1 Å². The number of carboxylic acids is 1. The number of alkyl halides is 1. The van der Waals surface area contributed by atoms with Crippen LogP contribution in [0.4, 0.5) is 11.4 Å². The third-order valence-electron chi connectivity index (χ3n) is 5.20. The molecule has 10 nitrogen and oxygen atoms in total. The summed E-state index contributed by atoms with van der Waals surface area (Å²) in [4.78, 5) is 26.3. The number of aliphatic hydroxyl groups is 1. The predicted octanol–water partition coefficient (Wildman–Crippen LogP) is 2.85. The molecule has 36 heavy (non-hydrogen) atoms. The topological polar surface area (TPSA) is 130 Å². The fourth-order valence-electron chi connectivity index (χ4n) is 3.44. The zero-order chi connectivity index (χ0) is 26.3. The molecule has 0 aliphatic heterocycles. The summed E-state index contributed by atoms with van der Waals surface area (Å²) in [5.74, 6) is -0.875. The lowest BCUT2D eigenvalue weighted by Gasteiger charge is -2.31. The van der Waals surface area contributed by atoms with Gasteiger partial charge in [-0.25, -0.2) is 4.79 Å². The smallest absolute Gasteiger partial charge is 0.336 e. The molecule has 0 aromatic heterocycles. The molecule has 2 aromatic rings. The monoisotopic (exact) mass is 615 g/mol. The molecule has 1 atom stereocenters. The molecule has 1 amide bonds. The fraction of sp³-hybridized carbons (Fsp3) is 0.440.